The summed E-state index contributed by atoms with van der Waals surface area (Å²) in [6.45, 7) is 6.98. The van der Waals surface area contributed by atoms with Crippen LogP contribution in [0.15, 0.2) is 12.4 Å². The molecule has 0 saturated carbocycles. The van der Waals surface area contributed by atoms with Gasteiger partial charge < -0.3 is 14.8 Å². The maximum absolute atomic E-state index is 4.40. The van der Waals surface area contributed by atoms with Crippen molar-refractivity contribution in [2.75, 3.05) is 26.2 Å². The van der Waals surface area contributed by atoms with Crippen molar-refractivity contribution in [2.24, 2.45) is 7.05 Å². The maximum atomic E-state index is 4.40. The van der Waals surface area contributed by atoms with Crippen molar-refractivity contribution < 1.29 is 0 Å². The van der Waals surface area contributed by atoms with Crippen molar-refractivity contribution in [3.05, 3.63) is 18.2 Å². The van der Waals surface area contributed by atoms with Gasteiger partial charge in [0.15, 0.2) is 0 Å². The summed E-state index contributed by atoms with van der Waals surface area (Å²) in [5.74, 6) is 1.19. The third kappa shape index (κ3) is 3.82. The fraction of sp³-hybridized carbons (Fsp3) is 0.786. The minimum absolute atomic E-state index is 0.680. The minimum Gasteiger partial charge on any atom is -0.338 e. The van der Waals surface area contributed by atoms with E-state index >= 15 is 0 Å². The molecule has 1 N–H and O–H groups in total. The van der Waals surface area contributed by atoms with Gasteiger partial charge in [0, 0.05) is 45.0 Å². The topological polar surface area (TPSA) is 33.1 Å². The highest BCUT2D eigenvalue weighted by Crippen LogP contribution is 2.07. The number of aryl methyl sites for hydroxylation is 1. The molecule has 1 aliphatic rings. The molecule has 1 saturated heterocycles. The third-order valence-corrected chi connectivity index (χ3v) is 3.77. The van der Waals surface area contributed by atoms with Crippen LogP contribution in [0.5, 0.6) is 0 Å². The van der Waals surface area contributed by atoms with E-state index in [0.29, 0.717) is 6.04 Å². The molecule has 1 aliphatic heterocycles. The molecule has 0 aliphatic carbocycles. The first-order valence-corrected chi connectivity index (χ1v) is 7.21. The number of hydrogen-bond donors (Lipinski definition) is 1. The summed E-state index contributed by atoms with van der Waals surface area (Å²) in [6, 6.07) is 0.680. The van der Waals surface area contributed by atoms with Gasteiger partial charge in [0.2, 0.25) is 0 Å². The standard InChI is InChI=1S/C14H26N4/c1-3-5-13-12-18(9-4-7-15-13)10-6-14-16-8-11-17(14)2/h8,11,13,15H,3-7,9-10,12H2,1-2H3. The Labute approximate surface area is 110 Å². The lowest BCUT2D eigenvalue weighted by Gasteiger charge is -2.24. The number of nitrogens with zero attached hydrogens (tertiary/aromatic N) is 3. The van der Waals surface area contributed by atoms with E-state index in [0.717, 1.165) is 13.0 Å². The molecule has 0 radical (unpaired) electrons. The van der Waals surface area contributed by atoms with Gasteiger partial charge in [-0.05, 0) is 25.9 Å². The highest BCUT2D eigenvalue weighted by Gasteiger charge is 2.16. The van der Waals surface area contributed by atoms with E-state index in [1.807, 2.05) is 12.4 Å². The zero-order valence-corrected chi connectivity index (χ0v) is 11.7. The average Bonchev–Trinajstić information content (AvgIpc) is 2.63. The van der Waals surface area contributed by atoms with Gasteiger partial charge in [-0.25, -0.2) is 4.98 Å². The van der Waals surface area contributed by atoms with Crippen LogP contribution < -0.4 is 5.32 Å². The first kappa shape index (κ1) is 13.6. The molecule has 18 heavy (non-hydrogen) atoms. The molecule has 102 valence electrons. The molecule has 1 atom stereocenters. The van der Waals surface area contributed by atoms with Crippen LogP contribution in [0, 0.1) is 0 Å². The van der Waals surface area contributed by atoms with Crippen molar-refractivity contribution >= 4 is 0 Å². The van der Waals surface area contributed by atoms with E-state index in [1.165, 1.54) is 44.7 Å². The highest BCUT2D eigenvalue weighted by atomic mass is 15.2. The van der Waals surface area contributed by atoms with Gasteiger partial charge in [0.25, 0.3) is 0 Å². The fourth-order valence-electron chi connectivity index (χ4n) is 2.72. The molecule has 1 unspecified atom stereocenters. The van der Waals surface area contributed by atoms with Gasteiger partial charge in [-0.3, -0.25) is 0 Å². The summed E-state index contributed by atoms with van der Waals surface area (Å²) in [4.78, 5) is 6.99. The van der Waals surface area contributed by atoms with Gasteiger partial charge in [-0.2, -0.15) is 0 Å². The molecule has 2 heterocycles. The SMILES string of the molecule is CCCC1CN(CCc2nccn2C)CCCN1. The van der Waals surface area contributed by atoms with E-state index in [4.69, 9.17) is 0 Å². The van der Waals surface area contributed by atoms with Crippen LogP contribution in [-0.4, -0.2) is 46.7 Å². The fourth-order valence-corrected chi connectivity index (χ4v) is 2.72. The van der Waals surface area contributed by atoms with Crippen LogP contribution in [0.25, 0.3) is 0 Å². The smallest absolute Gasteiger partial charge is 0.109 e. The molecule has 1 aromatic rings. The molecule has 0 amide bonds. The van der Waals surface area contributed by atoms with E-state index in [-0.39, 0.29) is 0 Å². The maximum Gasteiger partial charge on any atom is 0.109 e. The predicted octanol–water partition coefficient (Wildman–Crippen LogP) is 1.43. The van der Waals surface area contributed by atoms with Crippen LogP contribution in [0.4, 0.5) is 0 Å². The third-order valence-electron chi connectivity index (χ3n) is 3.77. The molecule has 2 rings (SSSR count). The first-order chi connectivity index (χ1) is 8.79. The van der Waals surface area contributed by atoms with Crippen LogP contribution >= 0.6 is 0 Å². The quantitative estimate of drug-likeness (QED) is 0.858. The summed E-state index contributed by atoms with van der Waals surface area (Å²) in [5, 5.41) is 3.65. The van der Waals surface area contributed by atoms with Crippen molar-refractivity contribution in [2.45, 2.75) is 38.6 Å². The number of hydrogen-bond acceptors (Lipinski definition) is 3. The van der Waals surface area contributed by atoms with Crippen LogP contribution in [0.2, 0.25) is 0 Å². The van der Waals surface area contributed by atoms with E-state index < -0.39 is 0 Å². The van der Waals surface area contributed by atoms with E-state index in [9.17, 15) is 0 Å². The number of aromatic nitrogens is 2. The van der Waals surface area contributed by atoms with Gasteiger partial charge in [-0.15, -0.1) is 0 Å². The molecule has 4 heteroatoms. The Hall–Kier alpha value is -0.870. The first-order valence-electron chi connectivity index (χ1n) is 7.21. The lowest BCUT2D eigenvalue weighted by Crippen LogP contribution is -2.38. The van der Waals surface area contributed by atoms with E-state index in [1.54, 1.807) is 0 Å². The summed E-state index contributed by atoms with van der Waals surface area (Å²) in [5.41, 5.74) is 0. The van der Waals surface area contributed by atoms with Gasteiger partial charge in [-0.1, -0.05) is 13.3 Å². The van der Waals surface area contributed by atoms with Crippen molar-refractivity contribution in [1.82, 2.24) is 19.8 Å². The lowest BCUT2D eigenvalue weighted by atomic mass is 10.1. The molecule has 0 spiro atoms. The second-order valence-corrected chi connectivity index (χ2v) is 5.30. The summed E-state index contributed by atoms with van der Waals surface area (Å²) < 4.78 is 2.12. The summed E-state index contributed by atoms with van der Waals surface area (Å²) >= 11 is 0. The second kappa shape index (κ2) is 6.90. The summed E-state index contributed by atoms with van der Waals surface area (Å²) in [6.07, 6.45) is 8.80. The number of nitrogens with one attached hydrogen (secondary N) is 1. The zero-order valence-electron chi connectivity index (χ0n) is 11.7. The van der Waals surface area contributed by atoms with Crippen LogP contribution in [-0.2, 0) is 13.5 Å². The second-order valence-electron chi connectivity index (χ2n) is 5.30. The summed E-state index contributed by atoms with van der Waals surface area (Å²) in [7, 11) is 2.08. The van der Waals surface area contributed by atoms with Gasteiger partial charge in [0.05, 0.1) is 0 Å². The molecule has 0 bridgehead atoms. The Kier molecular flexibility index (Phi) is 5.20. The van der Waals surface area contributed by atoms with Crippen molar-refractivity contribution in [3.8, 4) is 0 Å². The Morgan fingerprint density at radius 1 is 1.50 bits per heavy atom. The van der Waals surface area contributed by atoms with Gasteiger partial charge in [0.1, 0.15) is 5.82 Å². The Bertz CT molecular complexity index is 347. The van der Waals surface area contributed by atoms with Crippen molar-refractivity contribution in [1.29, 1.82) is 0 Å². The number of imidazole rings is 1. The molecular formula is C14H26N4. The van der Waals surface area contributed by atoms with Crippen molar-refractivity contribution in [3.63, 3.8) is 0 Å². The Morgan fingerprint density at radius 2 is 2.39 bits per heavy atom. The molecule has 1 aromatic heterocycles. The van der Waals surface area contributed by atoms with E-state index in [2.05, 4.69) is 33.7 Å². The molecule has 4 nitrogen and oxygen atoms in total. The molecular weight excluding hydrogens is 224 g/mol. The van der Waals surface area contributed by atoms with Crippen LogP contribution in [0.3, 0.4) is 0 Å². The van der Waals surface area contributed by atoms with Crippen LogP contribution in [0.1, 0.15) is 32.0 Å². The average molecular weight is 250 g/mol. The van der Waals surface area contributed by atoms with Gasteiger partial charge >= 0.3 is 0 Å². The number of rotatable bonds is 5. The monoisotopic (exact) mass is 250 g/mol. The minimum atomic E-state index is 0.680. The predicted molar refractivity (Wildman–Crippen MR) is 74.7 cm³/mol. The Balaban J connectivity index is 1.82. The largest absolute Gasteiger partial charge is 0.338 e. The Morgan fingerprint density at radius 3 is 3.11 bits per heavy atom. The lowest BCUT2D eigenvalue weighted by molar-refractivity contribution is 0.263. The zero-order chi connectivity index (χ0) is 12.8. The molecule has 0 aromatic carbocycles. The molecule has 1 fully saturated rings. The normalized spacial score (nSPS) is 22.0. The highest BCUT2D eigenvalue weighted by molar-refractivity contribution is 4.92.